The number of thiazole rings is 1. The molecule has 0 bridgehead atoms. The summed E-state index contributed by atoms with van der Waals surface area (Å²) in [6.07, 6.45) is 4.66. The Morgan fingerprint density at radius 3 is 2.31 bits per heavy atom. The number of carbonyl (C=O) groups excluding carboxylic acids is 2. The van der Waals surface area contributed by atoms with E-state index >= 15 is 0 Å². The second kappa shape index (κ2) is 16.5. The monoisotopic (exact) mass is 585 g/mol. The lowest BCUT2D eigenvalue weighted by Crippen LogP contribution is -2.29. The molecular formula is C34H43N5O2S. The fourth-order valence-corrected chi connectivity index (χ4v) is 5.08. The lowest BCUT2D eigenvalue weighted by molar-refractivity contribution is 0.0785. The van der Waals surface area contributed by atoms with Gasteiger partial charge in [-0.05, 0) is 69.1 Å². The number of pyridine rings is 1. The first kappa shape index (κ1) is 32.6. The van der Waals surface area contributed by atoms with Crippen molar-refractivity contribution in [2.45, 2.75) is 53.1 Å². The highest BCUT2D eigenvalue weighted by atomic mass is 32.1. The summed E-state index contributed by atoms with van der Waals surface area (Å²) in [5, 5.41) is 5.83. The maximum Gasteiger partial charge on any atom is 0.253 e. The van der Waals surface area contributed by atoms with E-state index < -0.39 is 0 Å². The van der Waals surface area contributed by atoms with E-state index in [1.54, 1.807) is 36.2 Å². The second-order valence-corrected chi connectivity index (χ2v) is 11.9. The Morgan fingerprint density at radius 1 is 0.929 bits per heavy atom. The van der Waals surface area contributed by atoms with Gasteiger partial charge in [-0.2, -0.15) is 0 Å². The molecule has 2 heterocycles. The molecule has 2 amide bonds. The molecule has 0 aliphatic rings. The van der Waals surface area contributed by atoms with E-state index in [4.69, 9.17) is 0 Å². The summed E-state index contributed by atoms with van der Waals surface area (Å²) in [5.74, 6) is 0.152. The van der Waals surface area contributed by atoms with E-state index in [2.05, 4.69) is 66.2 Å². The van der Waals surface area contributed by atoms with Crippen LogP contribution in [-0.4, -0.2) is 58.8 Å². The number of benzene rings is 2. The predicted molar refractivity (Wildman–Crippen MR) is 172 cm³/mol. The number of nitrogens with zero attached hydrogens (tertiary/aromatic N) is 4. The minimum absolute atomic E-state index is 0.134. The largest absolute Gasteiger partial charge is 0.352 e. The van der Waals surface area contributed by atoms with Crippen molar-refractivity contribution >= 4 is 23.2 Å². The standard InChI is InChI=1S/C27H35N5O2S.C7H8/c1-19(2)24-12-21(14-28-15-24)16-31(4)11-7-10-29-26(33)22-8-6-9-23(13-22)27(34)32(5)17-25-30-20(3)18-35-25;1-7-5-3-2-4-6-7/h6,8-9,12-15,18-19H,7,10-11,16-17H2,1-5H3,(H,29,33);2-6H,1H3. The van der Waals surface area contributed by atoms with Crippen molar-refractivity contribution in [3.63, 3.8) is 0 Å². The van der Waals surface area contributed by atoms with Crippen molar-refractivity contribution in [3.05, 3.63) is 117 Å². The Balaban J connectivity index is 0.000000603. The molecule has 0 fully saturated rings. The fourth-order valence-electron chi connectivity index (χ4n) is 4.25. The van der Waals surface area contributed by atoms with Crippen LogP contribution in [0.5, 0.6) is 0 Å². The van der Waals surface area contributed by atoms with Crippen LogP contribution >= 0.6 is 11.3 Å². The van der Waals surface area contributed by atoms with Crippen molar-refractivity contribution in [2.75, 3.05) is 27.2 Å². The summed E-state index contributed by atoms with van der Waals surface area (Å²) in [7, 11) is 3.82. The Labute approximate surface area is 254 Å². The number of rotatable bonds is 11. The number of amides is 2. The number of aryl methyl sites for hydroxylation is 2. The SMILES string of the molecule is Cc1ccccc1.Cc1csc(CN(C)C(=O)c2cccc(C(=O)NCCCN(C)Cc3cncc(C(C)C)c3)c2)n1. The Hall–Kier alpha value is -3.88. The third-order valence-electron chi connectivity index (χ3n) is 6.64. The molecule has 0 saturated carbocycles. The topological polar surface area (TPSA) is 78.4 Å². The first-order chi connectivity index (χ1) is 20.1. The summed E-state index contributed by atoms with van der Waals surface area (Å²) in [6, 6.07) is 19.3. The molecule has 1 N–H and O–H groups in total. The van der Waals surface area contributed by atoms with Crippen LogP contribution in [0.2, 0.25) is 0 Å². The number of aromatic nitrogens is 2. The molecule has 42 heavy (non-hydrogen) atoms. The van der Waals surface area contributed by atoms with Gasteiger partial charge in [-0.15, -0.1) is 11.3 Å². The highest BCUT2D eigenvalue weighted by Crippen LogP contribution is 2.16. The zero-order chi connectivity index (χ0) is 30.5. The van der Waals surface area contributed by atoms with E-state index in [1.165, 1.54) is 28.0 Å². The zero-order valence-electron chi connectivity index (χ0n) is 25.6. The Morgan fingerprint density at radius 2 is 1.67 bits per heavy atom. The highest BCUT2D eigenvalue weighted by Gasteiger charge is 2.16. The minimum atomic E-state index is -0.172. The zero-order valence-corrected chi connectivity index (χ0v) is 26.4. The molecular weight excluding hydrogens is 542 g/mol. The molecule has 0 radical (unpaired) electrons. The predicted octanol–water partition coefficient (Wildman–Crippen LogP) is 6.49. The molecule has 2 aromatic heterocycles. The van der Waals surface area contributed by atoms with Gasteiger partial charge in [0.1, 0.15) is 5.01 Å². The second-order valence-electron chi connectivity index (χ2n) is 10.9. The molecule has 8 heteroatoms. The van der Waals surface area contributed by atoms with Gasteiger partial charge in [0.05, 0.1) is 6.54 Å². The number of nitrogens with one attached hydrogen (secondary N) is 1. The maximum atomic E-state index is 12.8. The van der Waals surface area contributed by atoms with Gasteiger partial charge in [0.25, 0.3) is 11.8 Å². The van der Waals surface area contributed by atoms with Crippen LogP contribution in [0.1, 0.15) is 74.3 Å². The molecule has 4 aromatic rings. The van der Waals surface area contributed by atoms with Crippen molar-refractivity contribution in [1.29, 1.82) is 0 Å². The number of hydrogen-bond acceptors (Lipinski definition) is 6. The number of hydrogen-bond donors (Lipinski definition) is 1. The lowest BCUT2D eigenvalue weighted by atomic mass is 10.0. The third-order valence-corrected chi connectivity index (χ3v) is 7.59. The third kappa shape index (κ3) is 10.8. The van der Waals surface area contributed by atoms with E-state index in [0.717, 1.165) is 30.2 Å². The van der Waals surface area contributed by atoms with Crippen LogP contribution in [-0.2, 0) is 13.1 Å². The molecule has 0 aliphatic heterocycles. The van der Waals surface area contributed by atoms with E-state index in [1.807, 2.05) is 42.9 Å². The average molecular weight is 586 g/mol. The summed E-state index contributed by atoms with van der Waals surface area (Å²) in [5.41, 5.74) is 5.69. The Bertz CT molecular complexity index is 1420. The minimum Gasteiger partial charge on any atom is -0.352 e. The van der Waals surface area contributed by atoms with Crippen LogP contribution in [0.25, 0.3) is 0 Å². The van der Waals surface area contributed by atoms with Crippen LogP contribution in [0, 0.1) is 13.8 Å². The highest BCUT2D eigenvalue weighted by molar-refractivity contribution is 7.09. The normalized spacial score (nSPS) is 10.8. The fraction of sp³-hybridized carbons (Fsp3) is 0.353. The first-order valence-corrected chi connectivity index (χ1v) is 15.2. The first-order valence-electron chi connectivity index (χ1n) is 14.3. The van der Waals surface area contributed by atoms with Crippen LogP contribution in [0.15, 0.2) is 78.4 Å². The Kier molecular flexibility index (Phi) is 12.8. The molecule has 222 valence electrons. The van der Waals surface area contributed by atoms with Crippen molar-refractivity contribution < 1.29 is 9.59 Å². The van der Waals surface area contributed by atoms with Crippen molar-refractivity contribution in [1.82, 2.24) is 25.1 Å². The summed E-state index contributed by atoms with van der Waals surface area (Å²) < 4.78 is 0. The summed E-state index contributed by atoms with van der Waals surface area (Å²) in [4.78, 5) is 38.1. The van der Waals surface area contributed by atoms with Gasteiger partial charge in [-0.25, -0.2) is 4.98 Å². The van der Waals surface area contributed by atoms with Crippen LogP contribution < -0.4 is 5.32 Å². The molecule has 0 spiro atoms. The molecule has 0 unspecified atom stereocenters. The summed E-state index contributed by atoms with van der Waals surface area (Å²) >= 11 is 1.54. The van der Waals surface area contributed by atoms with E-state index in [-0.39, 0.29) is 11.8 Å². The molecule has 2 aromatic carbocycles. The quantitative estimate of drug-likeness (QED) is 0.204. The van der Waals surface area contributed by atoms with Gasteiger partial charge >= 0.3 is 0 Å². The van der Waals surface area contributed by atoms with Gasteiger partial charge in [0, 0.05) is 54.7 Å². The van der Waals surface area contributed by atoms with Gasteiger partial charge in [-0.1, -0.05) is 61.9 Å². The molecule has 0 aliphatic carbocycles. The van der Waals surface area contributed by atoms with Crippen molar-refractivity contribution in [3.8, 4) is 0 Å². The van der Waals surface area contributed by atoms with E-state index in [9.17, 15) is 9.59 Å². The summed E-state index contributed by atoms with van der Waals surface area (Å²) in [6.45, 7) is 11.0. The lowest BCUT2D eigenvalue weighted by Gasteiger charge is -2.18. The van der Waals surface area contributed by atoms with Gasteiger partial charge in [-0.3, -0.25) is 14.6 Å². The van der Waals surface area contributed by atoms with Gasteiger partial charge < -0.3 is 15.1 Å². The molecule has 0 saturated heterocycles. The smallest absolute Gasteiger partial charge is 0.253 e. The molecule has 4 rings (SSSR count). The van der Waals surface area contributed by atoms with Crippen molar-refractivity contribution in [2.24, 2.45) is 0 Å². The molecule has 7 nitrogen and oxygen atoms in total. The average Bonchev–Trinajstić information content (AvgIpc) is 3.39. The van der Waals surface area contributed by atoms with Crippen LogP contribution in [0.3, 0.4) is 0 Å². The number of carbonyl (C=O) groups is 2. The van der Waals surface area contributed by atoms with Gasteiger partial charge in [0.2, 0.25) is 0 Å². The van der Waals surface area contributed by atoms with E-state index in [0.29, 0.717) is 30.1 Å². The molecule has 0 atom stereocenters. The maximum absolute atomic E-state index is 12.8. The van der Waals surface area contributed by atoms with Gasteiger partial charge in [0.15, 0.2) is 0 Å². The van der Waals surface area contributed by atoms with Crippen LogP contribution in [0.4, 0.5) is 0 Å².